The van der Waals surface area contributed by atoms with Gasteiger partial charge >= 0.3 is 0 Å². The quantitative estimate of drug-likeness (QED) is 0.793. The number of likely N-dealkylation sites (tertiary alicyclic amines) is 1. The zero-order valence-corrected chi connectivity index (χ0v) is 11.3. The molecule has 1 unspecified atom stereocenters. The van der Waals surface area contributed by atoms with Gasteiger partial charge in [0.2, 0.25) is 0 Å². The molecule has 2 fully saturated rings. The maximum Gasteiger partial charge on any atom is 0.0208 e. The number of nitrogens with zero attached hydrogens (tertiary/aromatic N) is 1. The highest BCUT2D eigenvalue weighted by atomic mass is 15.2. The van der Waals surface area contributed by atoms with Crippen LogP contribution in [0.2, 0.25) is 0 Å². The van der Waals surface area contributed by atoms with E-state index in [1.54, 1.807) is 0 Å². The minimum atomic E-state index is 0.503. The van der Waals surface area contributed by atoms with Gasteiger partial charge in [-0.2, -0.15) is 0 Å². The first-order valence-electron chi connectivity index (χ1n) is 7.17. The topological polar surface area (TPSA) is 15.3 Å². The van der Waals surface area contributed by atoms with Crippen molar-refractivity contribution in [3.05, 3.63) is 0 Å². The van der Waals surface area contributed by atoms with Crippen molar-refractivity contribution >= 4 is 0 Å². The Kier molecular flexibility index (Phi) is 3.91. The summed E-state index contributed by atoms with van der Waals surface area (Å²) < 4.78 is 0. The molecular formula is C14H28N2. The van der Waals surface area contributed by atoms with Crippen molar-refractivity contribution in [1.29, 1.82) is 0 Å². The van der Waals surface area contributed by atoms with Crippen LogP contribution in [0.5, 0.6) is 0 Å². The van der Waals surface area contributed by atoms with Gasteiger partial charge in [0.1, 0.15) is 0 Å². The minimum absolute atomic E-state index is 0.503. The maximum absolute atomic E-state index is 3.82. The van der Waals surface area contributed by atoms with Crippen molar-refractivity contribution in [2.45, 2.75) is 64.5 Å². The van der Waals surface area contributed by atoms with Crippen LogP contribution in [0.1, 0.15) is 52.9 Å². The molecule has 16 heavy (non-hydrogen) atoms. The Morgan fingerprint density at radius 2 is 2.00 bits per heavy atom. The Labute approximate surface area is 101 Å². The number of piperidine rings is 1. The van der Waals surface area contributed by atoms with Crippen molar-refractivity contribution in [1.82, 2.24) is 10.2 Å². The summed E-state index contributed by atoms with van der Waals surface area (Å²) in [4.78, 5) is 2.63. The van der Waals surface area contributed by atoms with Gasteiger partial charge in [0.25, 0.3) is 0 Å². The molecule has 2 rings (SSSR count). The van der Waals surface area contributed by atoms with E-state index in [0.29, 0.717) is 5.54 Å². The summed E-state index contributed by atoms with van der Waals surface area (Å²) >= 11 is 0. The first-order chi connectivity index (χ1) is 7.68. The van der Waals surface area contributed by atoms with E-state index >= 15 is 0 Å². The number of hydrogen-bond acceptors (Lipinski definition) is 2. The Morgan fingerprint density at radius 1 is 1.31 bits per heavy atom. The molecule has 0 bridgehead atoms. The summed E-state index contributed by atoms with van der Waals surface area (Å²) in [5, 5.41) is 3.82. The summed E-state index contributed by atoms with van der Waals surface area (Å²) in [5.74, 6) is 0.926. The monoisotopic (exact) mass is 224 g/mol. The van der Waals surface area contributed by atoms with Crippen LogP contribution >= 0.6 is 0 Å². The lowest BCUT2D eigenvalue weighted by molar-refractivity contribution is 0.0949. The molecule has 2 aliphatic rings. The van der Waals surface area contributed by atoms with Crippen molar-refractivity contribution in [2.75, 3.05) is 19.6 Å². The van der Waals surface area contributed by atoms with Crippen LogP contribution in [0.4, 0.5) is 0 Å². The number of hydrogen-bond donors (Lipinski definition) is 1. The SMILES string of the molecule is CCC1(C2CCN(C(C)C)CC2)CCCN1. The molecule has 0 saturated carbocycles. The molecule has 2 heterocycles. The summed E-state index contributed by atoms with van der Waals surface area (Å²) in [6.07, 6.45) is 6.92. The van der Waals surface area contributed by atoms with Gasteiger partial charge in [-0.25, -0.2) is 0 Å². The highest BCUT2D eigenvalue weighted by Crippen LogP contribution is 2.37. The van der Waals surface area contributed by atoms with Crippen LogP contribution in [-0.2, 0) is 0 Å². The average Bonchev–Trinajstić information content (AvgIpc) is 2.79. The summed E-state index contributed by atoms with van der Waals surface area (Å²) in [6.45, 7) is 10.9. The highest BCUT2D eigenvalue weighted by Gasteiger charge is 2.40. The van der Waals surface area contributed by atoms with Gasteiger partial charge in [0, 0.05) is 11.6 Å². The van der Waals surface area contributed by atoms with E-state index in [1.165, 1.54) is 51.7 Å². The Morgan fingerprint density at radius 3 is 2.44 bits per heavy atom. The minimum Gasteiger partial charge on any atom is -0.311 e. The Balaban J connectivity index is 1.92. The van der Waals surface area contributed by atoms with Gasteiger partial charge in [-0.1, -0.05) is 6.92 Å². The van der Waals surface area contributed by atoms with Crippen LogP contribution in [0, 0.1) is 5.92 Å². The average molecular weight is 224 g/mol. The normalized spacial score (nSPS) is 33.8. The highest BCUT2D eigenvalue weighted by molar-refractivity contribution is 4.99. The Bertz CT molecular complexity index is 211. The third-order valence-corrected chi connectivity index (χ3v) is 4.95. The first kappa shape index (κ1) is 12.4. The summed E-state index contributed by atoms with van der Waals surface area (Å²) in [7, 11) is 0. The molecule has 94 valence electrons. The zero-order chi connectivity index (χ0) is 11.6. The molecule has 2 heteroatoms. The smallest absolute Gasteiger partial charge is 0.0208 e. The molecule has 0 aromatic rings. The lowest BCUT2D eigenvalue weighted by Gasteiger charge is -2.43. The van der Waals surface area contributed by atoms with Crippen molar-refractivity contribution in [2.24, 2.45) is 5.92 Å². The van der Waals surface area contributed by atoms with Crippen LogP contribution in [-0.4, -0.2) is 36.1 Å². The molecule has 2 saturated heterocycles. The van der Waals surface area contributed by atoms with E-state index in [2.05, 4.69) is 31.0 Å². The first-order valence-corrected chi connectivity index (χ1v) is 7.17. The van der Waals surface area contributed by atoms with Crippen molar-refractivity contribution < 1.29 is 0 Å². The molecule has 0 aromatic carbocycles. The van der Waals surface area contributed by atoms with Gasteiger partial charge in [0.05, 0.1) is 0 Å². The standard InChI is InChI=1S/C14H28N2/c1-4-14(8-5-9-15-14)13-6-10-16(11-7-13)12(2)3/h12-13,15H,4-11H2,1-3H3. The second-order valence-electron chi connectivity index (χ2n) is 5.94. The molecule has 0 radical (unpaired) electrons. The van der Waals surface area contributed by atoms with E-state index in [-0.39, 0.29) is 0 Å². The molecular weight excluding hydrogens is 196 g/mol. The lowest BCUT2D eigenvalue weighted by Crippen LogP contribution is -2.51. The fourth-order valence-electron chi connectivity index (χ4n) is 3.74. The van der Waals surface area contributed by atoms with Gasteiger partial charge < -0.3 is 10.2 Å². The van der Waals surface area contributed by atoms with E-state index in [4.69, 9.17) is 0 Å². The van der Waals surface area contributed by atoms with E-state index in [1.807, 2.05) is 0 Å². The van der Waals surface area contributed by atoms with Crippen molar-refractivity contribution in [3.63, 3.8) is 0 Å². The van der Waals surface area contributed by atoms with Gasteiger partial charge in [0.15, 0.2) is 0 Å². The second-order valence-corrected chi connectivity index (χ2v) is 5.94. The fourth-order valence-corrected chi connectivity index (χ4v) is 3.74. The van der Waals surface area contributed by atoms with Gasteiger partial charge in [-0.15, -0.1) is 0 Å². The van der Waals surface area contributed by atoms with Crippen LogP contribution in [0.3, 0.4) is 0 Å². The molecule has 0 amide bonds. The largest absolute Gasteiger partial charge is 0.311 e. The molecule has 1 N–H and O–H groups in total. The Hall–Kier alpha value is -0.0800. The molecule has 0 spiro atoms. The maximum atomic E-state index is 3.82. The molecule has 0 aliphatic carbocycles. The molecule has 1 atom stereocenters. The summed E-state index contributed by atoms with van der Waals surface area (Å²) in [6, 6.07) is 0.732. The zero-order valence-electron chi connectivity index (χ0n) is 11.3. The van der Waals surface area contributed by atoms with Crippen LogP contribution < -0.4 is 5.32 Å². The predicted octanol–water partition coefficient (Wildman–Crippen LogP) is 2.64. The lowest BCUT2D eigenvalue weighted by atomic mass is 9.75. The third-order valence-electron chi connectivity index (χ3n) is 4.95. The van der Waals surface area contributed by atoms with Gasteiger partial charge in [-0.05, 0) is 71.5 Å². The van der Waals surface area contributed by atoms with Crippen LogP contribution in [0.15, 0.2) is 0 Å². The van der Waals surface area contributed by atoms with Crippen LogP contribution in [0.25, 0.3) is 0 Å². The van der Waals surface area contributed by atoms with E-state index < -0.39 is 0 Å². The van der Waals surface area contributed by atoms with Gasteiger partial charge in [-0.3, -0.25) is 0 Å². The number of nitrogens with one attached hydrogen (secondary N) is 1. The molecule has 2 nitrogen and oxygen atoms in total. The molecule has 2 aliphatic heterocycles. The van der Waals surface area contributed by atoms with E-state index in [9.17, 15) is 0 Å². The predicted molar refractivity (Wildman–Crippen MR) is 69.7 cm³/mol. The fraction of sp³-hybridized carbons (Fsp3) is 1.00. The molecule has 0 aromatic heterocycles. The summed E-state index contributed by atoms with van der Waals surface area (Å²) in [5.41, 5.74) is 0.503. The van der Waals surface area contributed by atoms with Crippen molar-refractivity contribution in [3.8, 4) is 0 Å². The second kappa shape index (κ2) is 5.05. The van der Waals surface area contributed by atoms with E-state index in [0.717, 1.165) is 12.0 Å². The number of rotatable bonds is 3. The third kappa shape index (κ3) is 2.28.